The molecule has 0 aromatic carbocycles. The first-order chi connectivity index (χ1) is 9.50. The molecule has 0 spiro atoms. The topological polar surface area (TPSA) is 173 Å². The van der Waals surface area contributed by atoms with Gasteiger partial charge in [-0.1, -0.05) is 29.8 Å². The molecule has 3 amide bonds. The van der Waals surface area contributed by atoms with Crippen molar-refractivity contribution in [3.63, 3.8) is 0 Å². The zero-order chi connectivity index (χ0) is 17.2. The number of carboxylic acid groups (broad SMARTS) is 2. The minimum Gasteiger partial charge on any atom is -0.481 e. The van der Waals surface area contributed by atoms with E-state index in [2.05, 4.69) is 15.9 Å². The van der Waals surface area contributed by atoms with Crippen LogP contribution < -0.4 is 16.8 Å². The molecule has 122 valence electrons. The lowest BCUT2D eigenvalue weighted by atomic mass is 10.0. The maximum atomic E-state index is 11.3. The number of carboxylic acids is 2. The van der Waals surface area contributed by atoms with Gasteiger partial charge < -0.3 is 21.7 Å². The van der Waals surface area contributed by atoms with Gasteiger partial charge in [-0.3, -0.25) is 19.7 Å². The third-order valence-electron chi connectivity index (χ3n) is 2.48. The van der Waals surface area contributed by atoms with E-state index in [1.54, 1.807) is 0 Å². The van der Waals surface area contributed by atoms with E-state index in [-0.39, 0.29) is 5.91 Å². The summed E-state index contributed by atoms with van der Waals surface area (Å²) in [6.45, 7) is 3.72. The zero-order valence-corrected chi connectivity index (χ0v) is 13.3. The Labute approximate surface area is 130 Å². The summed E-state index contributed by atoms with van der Waals surface area (Å²) in [6, 6.07) is -2.10. The lowest BCUT2D eigenvalue weighted by Gasteiger charge is -2.21. The van der Waals surface area contributed by atoms with Crippen molar-refractivity contribution in [3.05, 3.63) is 0 Å². The Kier molecular flexibility index (Phi) is 10.4. The van der Waals surface area contributed by atoms with E-state index in [0.29, 0.717) is 12.8 Å². The van der Waals surface area contributed by atoms with Gasteiger partial charge in [0.05, 0.1) is 6.42 Å². The largest absolute Gasteiger partial charge is 0.481 e. The average molecular weight is 370 g/mol. The Morgan fingerprint density at radius 2 is 1.62 bits per heavy atom. The molecule has 1 unspecified atom stereocenters. The van der Waals surface area contributed by atoms with Crippen LogP contribution in [0.1, 0.15) is 33.1 Å². The average Bonchev–Trinajstić information content (AvgIpc) is 2.36. The Bertz CT molecular complexity index is 397. The molecule has 10 heteroatoms. The van der Waals surface area contributed by atoms with Gasteiger partial charge in [0, 0.05) is 0 Å². The van der Waals surface area contributed by atoms with Crippen molar-refractivity contribution in [2.24, 2.45) is 11.5 Å². The number of amides is 3. The SMILES string of the molecule is CCC(Br)(CC)C(=O)NC(N)=O.NC(CC(=O)O)C(=O)O. The summed E-state index contributed by atoms with van der Waals surface area (Å²) in [7, 11) is 0. The quantitative estimate of drug-likeness (QED) is 0.409. The van der Waals surface area contributed by atoms with Crippen LogP contribution in [0.3, 0.4) is 0 Å². The molecule has 0 radical (unpaired) electrons. The van der Waals surface area contributed by atoms with Crippen molar-refractivity contribution in [2.45, 2.75) is 43.5 Å². The number of aliphatic carboxylic acids is 2. The van der Waals surface area contributed by atoms with Crippen LogP contribution in [0.5, 0.6) is 0 Å². The van der Waals surface area contributed by atoms with Gasteiger partial charge >= 0.3 is 18.0 Å². The second-order valence-electron chi connectivity index (χ2n) is 4.03. The number of urea groups is 1. The molecule has 0 aromatic heterocycles. The number of hydrogen-bond acceptors (Lipinski definition) is 5. The van der Waals surface area contributed by atoms with Crippen molar-refractivity contribution in [3.8, 4) is 0 Å². The molecule has 1 atom stereocenters. The fraction of sp³-hybridized carbons (Fsp3) is 0.636. The molecule has 0 aliphatic rings. The lowest BCUT2D eigenvalue weighted by molar-refractivity contribution is -0.144. The van der Waals surface area contributed by atoms with Crippen molar-refractivity contribution >= 4 is 39.8 Å². The molecular formula is C11H20BrN3O6. The number of imide groups is 1. The fourth-order valence-electron chi connectivity index (χ4n) is 1.07. The first kappa shape index (κ1) is 21.6. The van der Waals surface area contributed by atoms with Crippen LogP contribution in [0.25, 0.3) is 0 Å². The van der Waals surface area contributed by atoms with Gasteiger partial charge in [-0.25, -0.2) is 4.79 Å². The predicted molar refractivity (Wildman–Crippen MR) is 77.8 cm³/mol. The van der Waals surface area contributed by atoms with E-state index in [1.807, 2.05) is 19.2 Å². The predicted octanol–water partition coefficient (Wildman–Crippen LogP) is 0.00800. The molecule has 0 aromatic rings. The third-order valence-corrected chi connectivity index (χ3v) is 3.96. The number of hydrogen-bond donors (Lipinski definition) is 5. The van der Waals surface area contributed by atoms with Crippen LogP contribution >= 0.6 is 15.9 Å². The van der Waals surface area contributed by atoms with Crippen LogP contribution in [0.4, 0.5) is 4.79 Å². The molecular weight excluding hydrogens is 350 g/mol. The molecule has 0 aliphatic heterocycles. The summed E-state index contributed by atoms with van der Waals surface area (Å²) in [5.74, 6) is -2.87. The van der Waals surface area contributed by atoms with Crippen molar-refractivity contribution in [1.82, 2.24) is 5.32 Å². The van der Waals surface area contributed by atoms with Crippen molar-refractivity contribution in [1.29, 1.82) is 0 Å². The molecule has 0 saturated heterocycles. The standard InChI is InChI=1S/C7H13BrN2O2.C4H7NO4/c1-3-7(8,4-2)5(11)10-6(9)12;5-2(4(8)9)1-3(6)7/h3-4H2,1-2H3,(H3,9,10,11,12);2H,1,5H2,(H,6,7)(H,8,9). The second-order valence-corrected chi connectivity index (χ2v) is 5.55. The minimum absolute atomic E-state index is 0.375. The van der Waals surface area contributed by atoms with Crippen LogP contribution in [0, 0.1) is 0 Å². The van der Waals surface area contributed by atoms with Gasteiger partial charge in [-0.15, -0.1) is 0 Å². The van der Waals surface area contributed by atoms with E-state index in [0.717, 1.165) is 0 Å². The Morgan fingerprint density at radius 1 is 1.19 bits per heavy atom. The van der Waals surface area contributed by atoms with E-state index in [1.165, 1.54) is 0 Å². The number of nitrogens with two attached hydrogens (primary N) is 2. The summed E-state index contributed by atoms with van der Waals surface area (Å²) in [5, 5.41) is 18.1. The van der Waals surface area contributed by atoms with Gasteiger partial charge in [0.2, 0.25) is 5.91 Å². The lowest BCUT2D eigenvalue weighted by Crippen LogP contribution is -2.46. The third kappa shape index (κ3) is 9.79. The molecule has 7 N–H and O–H groups in total. The minimum atomic E-state index is -1.29. The second kappa shape index (κ2) is 10.1. The van der Waals surface area contributed by atoms with Gasteiger partial charge in [0.1, 0.15) is 10.4 Å². The van der Waals surface area contributed by atoms with Crippen LogP contribution in [-0.4, -0.2) is 44.5 Å². The fourth-order valence-corrected chi connectivity index (χ4v) is 1.17. The van der Waals surface area contributed by atoms with Crippen LogP contribution in [0.2, 0.25) is 0 Å². The van der Waals surface area contributed by atoms with Crippen molar-refractivity contribution in [2.75, 3.05) is 0 Å². The Hall–Kier alpha value is -1.68. The monoisotopic (exact) mass is 369 g/mol. The maximum Gasteiger partial charge on any atom is 0.321 e. The van der Waals surface area contributed by atoms with E-state index >= 15 is 0 Å². The number of primary amides is 1. The van der Waals surface area contributed by atoms with Gasteiger partial charge in [-0.2, -0.15) is 0 Å². The highest BCUT2D eigenvalue weighted by atomic mass is 79.9. The van der Waals surface area contributed by atoms with Gasteiger partial charge in [0.15, 0.2) is 0 Å². The summed E-state index contributed by atoms with van der Waals surface area (Å²) >= 11 is 3.26. The summed E-state index contributed by atoms with van der Waals surface area (Å²) in [4.78, 5) is 41.3. The van der Waals surface area contributed by atoms with Gasteiger partial charge in [0.25, 0.3) is 0 Å². The first-order valence-electron chi connectivity index (χ1n) is 6.00. The molecule has 9 nitrogen and oxygen atoms in total. The molecule has 0 fully saturated rings. The zero-order valence-electron chi connectivity index (χ0n) is 11.8. The highest BCUT2D eigenvalue weighted by Crippen LogP contribution is 2.26. The number of nitrogens with one attached hydrogen (secondary N) is 1. The summed E-state index contributed by atoms with van der Waals surface area (Å²) in [5.41, 5.74) is 9.64. The highest BCUT2D eigenvalue weighted by molar-refractivity contribution is 9.10. The number of carbonyl (C=O) groups excluding carboxylic acids is 2. The Balaban J connectivity index is 0. The normalized spacial score (nSPS) is 11.6. The number of rotatable bonds is 6. The molecule has 21 heavy (non-hydrogen) atoms. The molecule has 0 bridgehead atoms. The maximum absolute atomic E-state index is 11.3. The van der Waals surface area contributed by atoms with E-state index < -0.39 is 34.8 Å². The summed E-state index contributed by atoms with van der Waals surface area (Å²) in [6.07, 6.45) is 0.695. The number of carbonyl (C=O) groups is 4. The van der Waals surface area contributed by atoms with E-state index in [4.69, 9.17) is 21.7 Å². The molecule has 0 aliphatic carbocycles. The van der Waals surface area contributed by atoms with Gasteiger partial charge in [-0.05, 0) is 12.8 Å². The smallest absolute Gasteiger partial charge is 0.321 e. The number of alkyl halides is 1. The summed E-state index contributed by atoms with van der Waals surface area (Å²) < 4.78 is -0.665. The van der Waals surface area contributed by atoms with Crippen LogP contribution in [-0.2, 0) is 14.4 Å². The molecule has 0 saturated carbocycles. The highest BCUT2D eigenvalue weighted by Gasteiger charge is 2.32. The first-order valence-corrected chi connectivity index (χ1v) is 6.79. The number of halogens is 1. The van der Waals surface area contributed by atoms with Crippen molar-refractivity contribution < 1.29 is 29.4 Å². The molecule has 0 rings (SSSR count). The van der Waals surface area contributed by atoms with Crippen LogP contribution in [0.15, 0.2) is 0 Å². The molecule has 0 heterocycles. The van der Waals surface area contributed by atoms with E-state index in [9.17, 15) is 19.2 Å². The Morgan fingerprint density at radius 3 is 1.81 bits per heavy atom.